The van der Waals surface area contributed by atoms with Gasteiger partial charge in [0.1, 0.15) is 5.69 Å². The van der Waals surface area contributed by atoms with Crippen molar-refractivity contribution in [2.75, 3.05) is 11.9 Å². The second-order valence-corrected chi connectivity index (χ2v) is 4.97. The smallest absolute Gasteiger partial charge is 0.271 e. The lowest BCUT2D eigenvalue weighted by Gasteiger charge is -2.21. The van der Waals surface area contributed by atoms with Gasteiger partial charge in [0.05, 0.1) is 6.33 Å². The SMILES string of the molecule is Cn1cnc(C(=O)NCC(C)(C)CBr)c1. The molecule has 0 unspecified atom stereocenters. The summed E-state index contributed by atoms with van der Waals surface area (Å²) in [4.78, 5) is 15.6. The van der Waals surface area contributed by atoms with Crippen LogP contribution in [0.1, 0.15) is 24.3 Å². The molecular formula is C10H16BrN3O. The zero-order valence-electron chi connectivity index (χ0n) is 9.25. The van der Waals surface area contributed by atoms with E-state index in [-0.39, 0.29) is 11.3 Å². The van der Waals surface area contributed by atoms with Gasteiger partial charge in [-0.2, -0.15) is 0 Å². The summed E-state index contributed by atoms with van der Waals surface area (Å²) < 4.78 is 1.75. The summed E-state index contributed by atoms with van der Waals surface area (Å²) in [6.45, 7) is 4.80. The molecule has 0 atom stereocenters. The standard InChI is InChI=1S/C10H16BrN3O/c1-10(2,5-11)6-12-9(15)8-4-14(3)7-13-8/h4,7H,5-6H2,1-3H3,(H,12,15). The molecule has 0 bridgehead atoms. The normalized spacial score (nSPS) is 11.5. The van der Waals surface area contributed by atoms with E-state index in [1.165, 1.54) is 0 Å². The predicted molar refractivity (Wildman–Crippen MR) is 63.1 cm³/mol. The van der Waals surface area contributed by atoms with E-state index in [0.717, 1.165) is 5.33 Å². The van der Waals surface area contributed by atoms with Crippen molar-refractivity contribution in [1.82, 2.24) is 14.9 Å². The van der Waals surface area contributed by atoms with Gasteiger partial charge in [0.25, 0.3) is 5.91 Å². The average Bonchev–Trinajstić information content (AvgIpc) is 2.61. The Hall–Kier alpha value is -0.840. The van der Waals surface area contributed by atoms with Gasteiger partial charge in [0.2, 0.25) is 0 Å². The number of rotatable bonds is 4. The minimum atomic E-state index is -0.121. The highest BCUT2D eigenvalue weighted by Gasteiger charge is 2.18. The molecule has 1 heterocycles. The number of hydrogen-bond donors (Lipinski definition) is 1. The zero-order chi connectivity index (χ0) is 11.5. The van der Waals surface area contributed by atoms with E-state index in [0.29, 0.717) is 12.2 Å². The number of imidazole rings is 1. The molecule has 84 valence electrons. The number of alkyl halides is 1. The number of aryl methyl sites for hydroxylation is 1. The minimum absolute atomic E-state index is 0.0600. The molecule has 0 radical (unpaired) electrons. The number of hydrogen-bond acceptors (Lipinski definition) is 2. The molecule has 1 amide bonds. The van der Waals surface area contributed by atoms with Crippen molar-refractivity contribution in [1.29, 1.82) is 0 Å². The summed E-state index contributed by atoms with van der Waals surface area (Å²) in [7, 11) is 1.84. The van der Waals surface area contributed by atoms with Crippen LogP contribution in [0.25, 0.3) is 0 Å². The van der Waals surface area contributed by atoms with Crippen molar-refractivity contribution < 1.29 is 4.79 Å². The quantitative estimate of drug-likeness (QED) is 0.847. The molecule has 1 aromatic heterocycles. The van der Waals surface area contributed by atoms with Gasteiger partial charge >= 0.3 is 0 Å². The van der Waals surface area contributed by atoms with Crippen LogP contribution in [-0.4, -0.2) is 27.3 Å². The molecule has 0 fully saturated rings. The first-order valence-corrected chi connectivity index (χ1v) is 5.89. The summed E-state index contributed by atoms with van der Waals surface area (Å²) in [5.41, 5.74) is 0.521. The Morgan fingerprint density at radius 2 is 2.33 bits per heavy atom. The molecule has 5 heteroatoms. The molecule has 0 saturated carbocycles. The Morgan fingerprint density at radius 3 is 2.80 bits per heavy atom. The molecule has 15 heavy (non-hydrogen) atoms. The molecule has 1 rings (SSSR count). The second-order valence-electron chi connectivity index (χ2n) is 4.40. The van der Waals surface area contributed by atoms with E-state index >= 15 is 0 Å². The Balaban J connectivity index is 2.50. The van der Waals surface area contributed by atoms with E-state index in [4.69, 9.17) is 0 Å². The lowest BCUT2D eigenvalue weighted by Crippen LogP contribution is -2.35. The number of amides is 1. The Bertz CT molecular complexity index is 346. The van der Waals surface area contributed by atoms with E-state index in [2.05, 4.69) is 40.1 Å². The largest absolute Gasteiger partial charge is 0.350 e. The summed E-state index contributed by atoms with van der Waals surface area (Å²) in [6, 6.07) is 0. The third-order valence-electron chi connectivity index (χ3n) is 2.03. The number of nitrogens with zero attached hydrogens (tertiary/aromatic N) is 2. The second kappa shape index (κ2) is 4.79. The van der Waals surface area contributed by atoms with Crippen molar-refractivity contribution >= 4 is 21.8 Å². The van der Waals surface area contributed by atoms with Gasteiger partial charge in [-0.3, -0.25) is 4.79 Å². The van der Waals surface area contributed by atoms with Gasteiger partial charge in [-0.25, -0.2) is 4.98 Å². The van der Waals surface area contributed by atoms with Crippen LogP contribution in [0.2, 0.25) is 0 Å². The molecule has 0 saturated heterocycles. The summed E-state index contributed by atoms with van der Waals surface area (Å²) in [6.07, 6.45) is 3.32. The first-order chi connectivity index (χ1) is 6.94. The van der Waals surface area contributed by atoms with Crippen LogP contribution in [-0.2, 0) is 7.05 Å². The number of nitrogens with one attached hydrogen (secondary N) is 1. The van der Waals surface area contributed by atoms with Crippen LogP contribution in [0.3, 0.4) is 0 Å². The summed E-state index contributed by atoms with van der Waals surface area (Å²) >= 11 is 3.41. The maximum Gasteiger partial charge on any atom is 0.271 e. The van der Waals surface area contributed by atoms with Gasteiger partial charge in [-0.15, -0.1) is 0 Å². The molecular weight excluding hydrogens is 258 g/mol. The molecule has 0 aliphatic rings. The predicted octanol–water partition coefficient (Wildman–Crippen LogP) is 1.57. The average molecular weight is 274 g/mol. The molecule has 4 nitrogen and oxygen atoms in total. The Labute approximate surface area is 98.2 Å². The summed E-state index contributed by atoms with van der Waals surface area (Å²) in [5.74, 6) is -0.121. The van der Waals surface area contributed by atoms with Crippen molar-refractivity contribution in [3.05, 3.63) is 18.2 Å². The van der Waals surface area contributed by atoms with Gasteiger partial charge < -0.3 is 9.88 Å². The van der Waals surface area contributed by atoms with Crippen LogP contribution < -0.4 is 5.32 Å². The molecule has 0 aliphatic carbocycles. The van der Waals surface area contributed by atoms with E-state index < -0.39 is 0 Å². The maximum absolute atomic E-state index is 11.6. The van der Waals surface area contributed by atoms with Crippen LogP contribution >= 0.6 is 15.9 Å². The minimum Gasteiger partial charge on any atom is -0.350 e. The van der Waals surface area contributed by atoms with Crippen molar-refractivity contribution in [3.63, 3.8) is 0 Å². The van der Waals surface area contributed by atoms with E-state index in [1.54, 1.807) is 17.1 Å². The van der Waals surface area contributed by atoms with Gasteiger partial charge in [-0.05, 0) is 5.41 Å². The van der Waals surface area contributed by atoms with Crippen LogP contribution in [0.5, 0.6) is 0 Å². The molecule has 0 spiro atoms. The number of carbonyl (C=O) groups excluding carboxylic acids is 1. The van der Waals surface area contributed by atoms with Crippen molar-refractivity contribution in [2.45, 2.75) is 13.8 Å². The Morgan fingerprint density at radius 1 is 1.67 bits per heavy atom. The third kappa shape index (κ3) is 3.66. The molecule has 1 aromatic rings. The highest BCUT2D eigenvalue weighted by atomic mass is 79.9. The molecule has 0 aromatic carbocycles. The number of halogens is 1. The van der Waals surface area contributed by atoms with Gasteiger partial charge in [0, 0.05) is 25.1 Å². The van der Waals surface area contributed by atoms with E-state index in [9.17, 15) is 4.79 Å². The highest BCUT2D eigenvalue weighted by molar-refractivity contribution is 9.09. The third-order valence-corrected chi connectivity index (χ3v) is 3.54. The number of carbonyl (C=O) groups is 1. The topological polar surface area (TPSA) is 46.9 Å². The lowest BCUT2D eigenvalue weighted by molar-refractivity contribution is 0.0935. The van der Waals surface area contributed by atoms with Gasteiger partial charge in [-0.1, -0.05) is 29.8 Å². The first-order valence-electron chi connectivity index (χ1n) is 4.77. The van der Waals surface area contributed by atoms with Crippen molar-refractivity contribution in [3.8, 4) is 0 Å². The van der Waals surface area contributed by atoms with Crippen LogP contribution in [0, 0.1) is 5.41 Å². The van der Waals surface area contributed by atoms with Crippen LogP contribution in [0.4, 0.5) is 0 Å². The van der Waals surface area contributed by atoms with Gasteiger partial charge in [0.15, 0.2) is 0 Å². The fraction of sp³-hybridized carbons (Fsp3) is 0.600. The first kappa shape index (κ1) is 12.2. The highest BCUT2D eigenvalue weighted by Crippen LogP contribution is 2.16. The lowest BCUT2D eigenvalue weighted by atomic mass is 9.97. The zero-order valence-corrected chi connectivity index (χ0v) is 10.8. The monoisotopic (exact) mass is 273 g/mol. The Kier molecular flexibility index (Phi) is 3.90. The molecule has 1 N–H and O–H groups in total. The summed E-state index contributed by atoms with van der Waals surface area (Å²) in [5, 5.41) is 3.71. The fourth-order valence-corrected chi connectivity index (χ4v) is 1.19. The number of aromatic nitrogens is 2. The van der Waals surface area contributed by atoms with Crippen molar-refractivity contribution in [2.24, 2.45) is 12.5 Å². The maximum atomic E-state index is 11.6. The van der Waals surface area contributed by atoms with E-state index in [1.807, 2.05) is 7.05 Å². The molecule has 0 aliphatic heterocycles. The van der Waals surface area contributed by atoms with Crippen LogP contribution in [0.15, 0.2) is 12.5 Å². The fourth-order valence-electron chi connectivity index (χ4n) is 0.987.